The summed E-state index contributed by atoms with van der Waals surface area (Å²) in [4.78, 5) is 7.31. The van der Waals surface area contributed by atoms with Gasteiger partial charge >= 0.3 is 0 Å². The fraction of sp³-hybridized carbons (Fsp3) is 0.538. The van der Waals surface area contributed by atoms with Crippen LogP contribution in [0.1, 0.15) is 43.4 Å². The van der Waals surface area contributed by atoms with Crippen molar-refractivity contribution in [2.24, 2.45) is 0 Å². The van der Waals surface area contributed by atoms with Crippen LogP contribution in [0, 0.1) is 0 Å². The van der Waals surface area contributed by atoms with E-state index in [0.29, 0.717) is 0 Å². The number of ether oxygens (including phenoxy) is 1. The second kappa shape index (κ2) is 10.5. The molecule has 1 saturated heterocycles. The summed E-state index contributed by atoms with van der Waals surface area (Å²) in [6, 6.07) is 15.7. The Labute approximate surface area is 187 Å². The quantitative estimate of drug-likeness (QED) is 0.732. The highest BCUT2D eigenvalue weighted by atomic mass is 16.5. The summed E-state index contributed by atoms with van der Waals surface area (Å²) >= 11 is 0. The van der Waals surface area contributed by atoms with E-state index in [0.717, 1.165) is 77.6 Å². The molecule has 1 N–H and O–H groups in total. The second-order valence-electron chi connectivity index (χ2n) is 8.85. The Balaban J connectivity index is 1.40. The molecule has 2 aromatic carbocycles. The van der Waals surface area contributed by atoms with Gasteiger partial charge in [0.25, 0.3) is 0 Å². The number of hydrogen-bond donors (Lipinski definition) is 1. The van der Waals surface area contributed by atoms with Crippen LogP contribution in [0.4, 0.5) is 5.69 Å². The molecule has 0 aromatic heterocycles. The Bertz CT molecular complexity index is 827. The van der Waals surface area contributed by atoms with E-state index in [4.69, 9.17) is 4.74 Å². The van der Waals surface area contributed by atoms with Crippen LogP contribution in [0.2, 0.25) is 0 Å². The summed E-state index contributed by atoms with van der Waals surface area (Å²) < 4.78 is 6.06. The van der Waals surface area contributed by atoms with Crippen molar-refractivity contribution in [3.63, 3.8) is 0 Å². The fourth-order valence-corrected chi connectivity index (χ4v) is 4.73. The average Bonchev–Trinajstić information content (AvgIpc) is 2.98. The largest absolute Gasteiger partial charge is 0.492 e. The van der Waals surface area contributed by atoms with Crippen LogP contribution >= 0.6 is 0 Å². The molecule has 0 spiro atoms. The number of rotatable bonds is 7. The number of nitrogens with zero attached hydrogens (tertiary/aromatic N) is 3. The summed E-state index contributed by atoms with van der Waals surface area (Å²) in [6.07, 6.45) is 1.65. The van der Waals surface area contributed by atoms with Crippen molar-refractivity contribution in [3.05, 3.63) is 59.2 Å². The molecule has 0 saturated carbocycles. The van der Waals surface area contributed by atoms with Crippen molar-refractivity contribution < 1.29 is 9.84 Å². The van der Waals surface area contributed by atoms with Crippen LogP contribution in [0.5, 0.6) is 5.75 Å². The molecule has 2 aliphatic rings. The minimum atomic E-state index is -0.119. The normalized spacial score (nSPS) is 18.3. The molecular weight excluding hydrogens is 386 g/mol. The molecule has 2 aromatic rings. The summed E-state index contributed by atoms with van der Waals surface area (Å²) in [7, 11) is 0. The van der Waals surface area contributed by atoms with Crippen LogP contribution < -0.4 is 9.64 Å². The van der Waals surface area contributed by atoms with Crippen molar-refractivity contribution in [1.29, 1.82) is 0 Å². The molecular formula is C26H37N3O2. The summed E-state index contributed by atoms with van der Waals surface area (Å²) in [5.74, 6) is 1.03. The monoisotopic (exact) mass is 423 g/mol. The highest BCUT2D eigenvalue weighted by Gasteiger charge is 2.19. The molecule has 168 valence electrons. The van der Waals surface area contributed by atoms with E-state index in [1.54, 1.807) is 0 Å². The summed E-state index contributed by atoms with van der Waals surface area (Å²) in [5, 5.41) is 9.75. The highest BCUT2D eigenvalue weighted by molar-refractivity contribution is 5.47. The zero-order chi connectivity index (χ0) is 21.6. The molecule has 5 heteroatoms. The maximum absolute atomic E-state index is 9.75. The van der Waals surface area contributed by atoms with E-state index < -0.39 is 0 Å². The second-order valence-corrected chi connectivity index (χ2v) is 8.85. The van der Waals surface area contributed by atoms with Crippen molar-refractivity contribution in [2.75, 3.05) is 44.2 Å². The predicted molar refractivity (Wildman–Crippen MR) is 127 cm³/mol. The minimum absolute atomic E-state index is 0.119. The molecule has 0 bridgehead atoms. The van der Waals surface area contributed by atoms with Gasteiger partial charge in [-0.05, 0) is 62.1 Å². The molecule has 5 nitrogen and oxygen atoms in total. The third kappa shape index (κ3) is 5.79. The van der Waals surface area contributed by atoms with Gasteiger partial charge < -0.3 is 14.7 Å². The van der Waals surface area contributed by atoms with E-state index in [2.05, 4.69) is 71.0 Å². The van der Waals surface area contributed by atoms with Gasteiger partial charge in [-0.1, -0.05) is 18.2 Å². The van der Waals surface area contributed by atoms with Crippen LogP contribution in [0.25, 0.3) is 0 Å². The molecule has 0 aliphatic carbocycles. The van der Waals surface area contributed by atoms with Crippen LogP contribution in [0.3, 0.4) is 0 Å². The van der Waals surface area contributed by atoms with Gasteiger partial charge in [0, 0.05) is 63.6 Å². The lowest BCUT2D eigenvalue weighted by Gasteiger charge is -2.29. The van der Waals surface area contributed by atoms with Crippen molar-refractivity contribution in [1.82, 2.24) is 9.80 Å². The molecule has 31 heavy (non-hydrogen) atoms. The number of aliphatic hydroxyl groups excluding tert-OH is 1. The first-order valence-corrected chi connectivity index (χ1v) is 11.9. The number of anilines is 1. The summed E-state index contributed by atoms with van der Waals surface area (Å²) in [5.41, 5.74) is 5.27. The predicted octanol–water partition coefficient (Wildman–Crippen LogP) is 3.88. The van der Waals surface area contributed by atoms with E-state index in [9.17, 15) is 5.11 Å². The van der Waals surface area contributed by atoms with Gasteiger partial charge in [0.05, 0.1) is 6.10 Å². The Morgan fingerprint density at radius 3 is 2.29 bits per heavy atom. The fourth-order valence-electron chi connectivity index (χ4n) is 4.73. The Kier molecular flexibility index (Phi) is 7.49. The van der Waals surface area contributed by atoms with E-state index >= 15 is 0 Å². The van der Waals surface area contributed by atoms with Crippen LogP contribution in [-0.2, 0) is 19.6 Å². The van der Waals surface area contributed by atoms with Gasteiger partial charge in [-0.15, -0.1) is 0 Å². The zero-order valence-electron chi connectivity index (χ0n) is 19.1. The number of hydrogen-bond acceptors (Lipinski definition) is 5. The SMILES string of the molecule is CCN(CC)c1ccc(CN2CCOc3ccc(CN4CCC(O)CC4)cc3C2)cc1. The standard InChI is InChI=1S/C26H37N3O2/c1-3-29(4-2)24-8-5-21(6-9-24)18-28-15-16-31-26-10-7-22(17-23(26)20-28)19-27-13-11-25(30)12-14-27/h5-10,17,25,30H,3-4,11-16,18-20H2,1-2H3. The third-order valence-electron chi connectivity index (χ3n) is 6.62. The van der Waals surface area contributed by atoms with Gasteiger partial charge in [0.15, 0.2) is 0 Å². The van der Waals surface area contributed by atoms with E-state index in [-0.39, 0.29) is 6.10 Å². The Morgan fingerprint density at radius 2 is 1.58 bits per heavy atom. The van der Waals surface area contributed by atoms with Crippen molar-refractivity contribution >= 4 is 5.69 Å². The van der Waals surface area contributed by atoms with Gasteiger partial charge in [-0.3, -0.25) is 9.80 Å². The lowest BCUT2D eigenvalue weighted by molar-refractivity contribution is 0.0792. The lowest BCUT2D eigenvalue weighted by Crippen LogP contribution is -2.35. The number of aliphatic hydroxyl groups is 1. The van der Waals surface area contributed by atoms with Gasteiger partial charge in [-0.2, -0.15) is 0 Å². The molecule has 1 fully saturated rings. The van der Waals surface area contributed by atoms with Gasteiger partial charge in [0.2, 0.25) is 0 Å². The molecule has 0 amide bonds. The molecule has 0 radical (unpaired) electrons. The number of piperidine rings is 1. The summed E-state index contributed by atoms with van der Waals surface area (Å²) in [6.45, 7) is 12.9. The topological polar surface area (TPSA) is 39.2 Å². The molecule has 0 atom stereocenters. The van der Waals surface area contributed by atoms with E-state index in [1.165, 1.54) is 22.4 Å². The Morgan fingerprint density at radius 1 is 0.903 bits per heavy atom. The number of likely N-dealkylation sites (tertiary alicyclic amines) is 1. The van der Waals surface area contributed by atoms with Gasteiger partial charge in [0.1, 0.15) is 12.4 Å². The minimum Gasteiger partial charge on any atom is -0.492 e. The first-order chi connectivity index (χ1) is 15.1. The Hall–Kier alpha value is -2.08. The number of fused-ring (bicyclic) bond motifs is 1. The molecule has 0 unspecified atom stereocenters. The van der Waals surface area contributed by atoms with Gasteiger partial charge in [-0.25, -0.2) is 0 Å². The molecule has 2 aliphatic heterocycles. The average molecular weight is 424 g/mol. The maximum Gasteiger partial charge on any atom is 0.123 e. The first kappa shape index (κ1) is 22.1. The van der Waals surface area contributed by atoms with Crippen molar-refractivity contribution in [3.8, 4) is 5.75 Å². The van der Waals surface area contributed by atoms with E-state index in [1.807, 2.05) is 0 Å². The van der Waals surface area contributed by atoms with Crippen molar-refractivity contribution in [2.45, 2.75) is 52.4 Å². The molecule has 4 rings (SSSR count). The first-order valence-electron chi connectivity index (χ1n) is 11.9. The zero-order valence-corrected chi connectivity index (χ0v) is 19.1. The number of benzene rings is 2. The third-order valence-corrected chi connectivity index (χ3v) is 6.62. The highest BCUT2D eigenvalue weighted by Crippen LogP contribution is 2.27. The maximum atomic E-state index is 9.75. The molecule has 2 heterocycles. The van der Waals surface area contributed by atoms with Crippen LogP contribution in [-0.4, -0.2) is 60.3 Å². The smallest absolute Gasteiger partial charge is 0.123 e. The lowest BCUT2D eigenvalue weighted by atomic mass is 10.0. The van der Waals surface area contributed by atoms with Crippen LogP contribution in [0.15, 0.2) is 42.5 Å².